The standard InChI is InChI=1S/C31H26ClNO4/c32-26-12-6-4-11-25(26)27-18-19-28(31(35)36)33(27)30(34)23-16-14-22(15-17-23)24-10-5-7-13-29(24)37-20-21-8-2-1-3-9-21/h1-17,27-28H,18-20H2,(H,35,36)/t27-,28+/m1/s1. The summed E-state index contributed by atoms with van der Waals surface area (Å²) in [5.74, 6) is -0.589. The molecule has 4 aromatic carbocycles. The molecule has 1 fully saturated rings. The number of amides is 1. The van der Waals surface area contributed by atoms with Crippen LogP contribution in [0.4, 0.5) is 0 Å². The molecule has 1 heterocycles. The largest absolute Gasteiger partial charge is 0.488 e. The number of para-hydroxylation sites is 1. The van der Waals surface area contributed by atoms with Gasteiger partial charge in [-0.05, 0) is 53.8 Å². The Bertz CT molecular complexity index is 1400. The third kappa shape index (κ3) is 5.23. The maximum Gasteiger partial charge on any atom is 0.326 e. The number of aliphatic carboxylic acids is 1. The SMILES string of the molecule is O=C(O)[C@@H]1CC[C@H](c2ccccc2Cl)N1C(=O)c1ccc(-c2ccccc2OCc2ccccc2)cc1. The van der Waals surface area contributed by atoms with Crippen LogP contribution in [0, 0.1) is 0 Å². The van der Waals surface area contributed by atoms with Crippen molar-refractivity contribution in [3.05, 3.63) is 125 Å². The molecule has 1 saturated heterocycles. The van der Waals surface area contributed by atoms with Crippen LogP contribution in [-0.4, -0.2) is 27.9 Å². The molecular weight excluding hydrogens is 486 g/mol. The molecule has 37 heavy (non-hydrogen) atoms. The number of ether oxygens (including phenoxy) is 1. The van der Waals surface area contributed by atoms with Gasteiger partial charge in [-0.2, -0.15) is 0 Å². The zero-order valence-corrected chi connectivity index (χ0v) is 20.8. The zero-order valence-electron chi connectivity index (χ0n) is 20.1. The number of hydrogen-bond donors (Lipinski definition) is 1. The number of halogens is 1. The van der Waals surface area contributed by atoms with Gasteiger partial charge in [-0.1, -0.05) is 90.5 Å². The van der Waals surface area contributed by atoms with Crippen molar-refractivity contribution in [3.8, 4) is 16.9 Å². The maximum absolute atomic E-state index is 13.6. The van der Waals surface area contributed by atoms with Gasteiger partial charge >= 0.3 is 5.97 Å². The van der Waals surface area contributed by atoms with Crippen molar-refractivity contribution in [2.45, 2.75) is 31.5 Å². The number of likely N-dealkylation sites (tertiary alicyclic amines) is 1. The number of nitrogens with zero attached hydrogens (tertiary/aromatic N) is 1. The smallest absolute Gasteiger partial charge is 0.326 e. The van der Waals surface area contributed by atoms with E-state index in [1.165, 1.54) is 4.90 Å². The number of rotatable bonds is 7. The van der Waals surface area contributed by atoms with E-state index in [0.29, 0.717) is 30.0 Å². The molecule has 186 valence electrons. The summed E-state index contributed by atoms with van der Waals surface area (Å²) in [6.07, 6.45) is 0.915. The summed E-state index contributed by atoms with van der Waals surface area (Å²) in [7, 11) is 0. The van der Waals surface area contributed by atoms with Crippen molar-refractivity contribution in [2.75, 3.05) is 0 Å². The highest BCUT2D eigenvalue weighted by Gasteiger charge is 2.42. The summed E-state index contributed by atoms with van der Waals surface area (Å²) >= 11 is 6.42. The molecule has 1 N–H and O–H groups in total. The van der Waals surface area contributed by atoms with Crippen LogP contribution in [-0.2, 0) is 11.4 Å². The van der Waals surface area contributed by atoms with Gasteiger partial charge in [0, 0.05) is 16.1 Å². The summed E-state index contributed by atoms with van der Waals surface area (Å²) in [6, 6.07) is 30.9. The van der Waals surface area contributed by atoms with Gasteiger partial charge in [-0.25, -0.2) is 4.79 Å². The summed E-state index contributed by atoms with van der Waals surface area (Å²) < 4.78 is 6.10. The minimum Gasteiger partial charge on any atom is -0.488 e. The average Bonchev–Trinajstić information content (AvgIpc) is 3.38. The predicted molar refractivity (Wildman–Crippen MR) is 144 cm³/mol. The van der Waals surface area contributed by atoms with E-state index in [-0.39, 0.29) is 5.91 Å². The Hall–Kier alpha value is -4.09. The third-order valence-corrected chi connectivity index (χ3v) is 7.08. The molecule has 0 unspecified atom stereocenters. The normalized spacial score (nSPS) is 16.9. The van der Waals surface area contributed by atoms with Crippen molar-refractivity contribution in [1.29, 1.82) is 0 Å². The molecule has 5 nitrogen and oxygen atoms in total. The molecule has 0 radical (unpaired) electrons. The van der Waals surface area contributed by atoms with Gasteiger partial charge in [0.25, 0.3) is 5.91 Å². The third-order valence-electron chi connectivity index (χ3n) is 6.74. The first-order chi connectivity index (χ1) is 18.0. The van der Waals surface area contributed by atoms with E-state index in [1.54, 1.807) is 18.2 Å². The van der Waals surface area contributed by atoms with Gasteiger partial charge in [0.15, 0.2) is 0 Å². The molecule has 0 bridgehead atoms. The molecule has 5 rings (SSSR count). The quantitative estimate of drug-likeness (QED) is 0.289. The van der Waals surface area contributed by atoms with E-state index >= 15 is 0 Å². The average molecular weight is 512 g/mol. The lowest BCUT2D eigenvalue weighted by Gasteiger charge is -2.29. The molecule has 1 aliphatic heterocycles. The Kier molecular flexibility index (Phi) is 7.24. The first-order valence-electron chi connectivity index (χ1n) is 12.2. The van der Waals surface area contributed by atoms with Gasteiger partial charge in [0.1, 0.15) is 18.4 Å². The molecule has 0 aromatic heterocycles. The predicted octanol–water partition coefficient (Wildman–Crippen LogP) is 7.02. The number of hydrogen-bond acceptors (Lipinski definition) is 3. The Morgan fingerprint density at radius 1 is 0.838 bits per heavy atom. The minimum atomic E-state index is -1.01. The number of benzene rings is 4. The van der Waals surface area contributed by atoms with Crippen LogP contribution < -0.4 is 4.74 Å². The molecule has 4 aromatic rings. The number of carbonyl (C=O) groups is 2. The number of carbonyl (C=O) groups excluding carboxylic acids is 1. The van der Waals surface area contributed by atoms with Gasteiger partial charge in [0.2, 0.25) is 0 Å². The number of carboxylic acid groups (broad SMARTS) is 1. The molecule has 1 amide bonds. The zero-order chi connectivity index (χ0) is 25.8. The molecule has 0 spiro atoms. The van der Waals surface area contributed by atoms with Crippen molar-refractivity contribution in [2.24, 2.45) is 0 Å². The molecule has 0 aliphatic carbocycles. The van der Waals surface area contributed by atoms with Gasteiger partial charge < -0.3 is 14.7 Å². The second-order valence-corrected chi connectivity index (χ2v) is 9.44. The topological polar surface area (TPSA) is 66.8 Å². The summed E-state index contributed by atoms with van der Waals surface area (Å²) in [5, 5.41) is 10.4. The van der Waals surface area contributed by atoms with Gasteiger partial charge in [0.05, 0.1) is 6.04 Å². The summed E-state index contributed by atoms with van der Waals surface area (Å²) in [6.45, 7) is 0.448. The van der Waals surface area contributed by atoms with Crippen molar-refractivity contribution >= 4 is 23.5 Å². The van der Waals surface area contributed by atoms with Crippen LogP contribution in [0.15, 0.2) is 103 Å². The summed E-state index contributed by atoms with van der Waals surface area (Å²) in [5.41, 5.74) is 4.08. The van der Waals surface area contributed by atoms with Crippen molar-refractivity contribution < 1.29 is 19.4 Å². The Labute approximate surface area is 220 Å². The second kappa shape index (κ2) is 10.9. The fourth-order valence-electron chi connectivity index (χ4n) is 4.90. The number of carboxylic acids is 1. The van der Waals surface area contributed by atoms with E-state index < -0.39 is 18.1 Å². The van der Waals surface area contributed by atoms with Crippen LogP contribution >= 0.6 is 11.6 Å². The maximum atomic E-state index is 13.6. The van der Waals surface area contributed by atoms with Crippen LogP contribution in [0.2, 0.25) is 5.02 Å². The van der Waals surface area contributed by atoms with Gasteiger partial charge in [-0.15, -0.1) is 0 Å². The summed E-state index contributed by atoms with van der Waals surface area (Å²) in [4.78, 5) is 27.1. The lowest BCUT2D eigenvalue weighted by molar-refractivity contribution is -0.141. The molecular formula is C31H26ClNO4. The minimum absolute atomic E-state index is 0.324. The molecule has 1 aliphatic rings. The first kappa shape index (κ1) is 24.6. The Balaban J connectivity index is 1.40. The van der Waals surface area contributed by atoms with E-state index in [9.17, 15) is 14.7 Å². The van der Waals surface area contributed by atoms with Gasteiger partial charge in [-0.3, -0.25) is 4.79 Å². The van der Waals surface area contributed by atoms with E-state index in [0.717, 1.165) is 28.0 Å². The highest BCUT2D eigenvalue weighted by molar-refractivity contribution is 6.31. The van der Waals surface area contributed by atoms with Crippen LogP contribution in [0.1, 0.15) is 40.4 Å². The van der Waals surface area contributed by atoms with Crippen LogP contribution in [0.25, 0.3) is 11.1 Å². The monoisotopic (exact) mass is 511 g/mol. The van der Waals surface area contributed by atoms with E-state index in [4.69, 9.17) is 16.3 Å². The lowest BCUT2D eigenvalue weighted by Crippen LogP contribution is -2.41. The van der Waals surface area contributed by atoms with Crippen LogP contribution in [0.3, 0.4) is 0 Å². The highest BCUT2D eigenvalue weighted by atomic mass is 35.5. The lowest BCUT2D eigenvalue weighted by atomic mass is 10.0. The molecule has 6 heteroatoms. The van der Waals surface area contributed by atoms with Crippen molar-refractivity contribution in [1.82, 2.24) is 4.90 Å². The first-order valence-corrected chi connectivity index (χ1v) is 12.6. The van der Waals surface area contributed by atoms with E-state index in [2.05, 4.69) is 0 Å². The Morgan fingerprint density at radius 2 is 1.51 bits per heavy atom. The van der Waals surface area contributed by atoms with Crippen molar-refractivity contribution in [3.63, 3.8) is 0 Å². The second-order valence-electron chi connectivity index (χ2n) is 9.03. The molecule has 2 atom stereocenters. The fraction of sp³-hybridized carbons (Fsp3) is 0.161. The van der Waals surface area contributed by atoms with E-state index in [1.807, 2.05) is 84.9 Å². The fourth-order valence-corrected chi connectivity index (χ4v) is 5.16. The van der Waals surface area contributed by atoms with Crippen LogP contribution in [0.5, 0.6) is 5.75 Å². The highest BCUT2D eigenvalue weighted by Crippen LogP contribution is 2.40. The Morgan fingerprint density at radius 3 is 2.24 bits per heavy atom. The molecule has 0 saturated carbocycles.